The summed E-state index contributed by atoms with van der Waals surface area (Å²) in [6.45, 7) is 0.699. The summed E-state index contributed by atoms with van der Waals surface area (Å²) in [4.78, 5) is 18.3. The first kappa shape index (κ1) is 12.7. The lowest BCUT2D eigenvalue weighted by Gasteiger charge is -2.05. The molecular formula is C8H12BrN5O2. The first-order chi connectivity index (χ1) is 7.58. The van der Waals surface area contributed by atoms with E-state index in [2.05, 4.69) is 31.2 Å². The Bertz CT molecular complexity index is 353. The van der Waals surface area contributed by atoms with Crippen molar-refractivity contribution in [3.05, 3.63) is 10.7 Å². The Hall–Kier alpha value is -1.41. The molecule has 7 nitrogen and oxygen atoms in total. The lowest BCUT2D eigenvalue weighted by atomic mass is 10.6. The van der Waals surface area contributed by atoms with Crippen LogP contribution in [0.3, 0.4) is 0 Å². The Kier molecular flexibility index (Phi) is 4.93. The summed E-state index contributed by atoms with van der Waals surface area (Å²) in [5.74, 6) is 0.264. The SMILES string of the molecule is NC(=O)COCCNc1nc(N)cc(Br)n1. The summed E-state index contributed by atoms with van der Waals surface area (Å²) >= 11 is 3.19. The fourth-order valence-electron chi connectivity index (χ4n) is 0.922. The molecule has 1 aromatic heterocycles. The molecule has 0 aliphatic heterocycles. The molecule has 5 N–H and O–H groups in total. The minimum atomic E-state index is -0.497. The zero-order valence-electron chi connectivity index (χ0n) is 8.44. The molecule has 0 radical (unpaired) electrons. The minimum absolute atomic E-state index is 0.0941. The zero-order valence-corrected chi connectivity index (χ0v) is 10.0. The van der Waals surface area contributed by atoms with E-state index in [4.69, 9.17) is 16.2 Å². The van der Waals surface area contributed by atoms with Crippen LogP contribution in [0.4, 0.5) is 11.8 Å². The predicted molar refractivity (Wildman–Crippen MR) is 62.6 cm³/mol. The van der Waals surface area contributed by atoms with Crippen LogP contribution in [0.2, 0.25) is 0 Å². The van der Waals surface area contributed by atoms with Crippen molar-refractivity contribution < 1.29 is 9.53 Å². The Morgan fingerprint density at radius 3 is 2.94 bits per heavy atom. The van der Waals surface area contributed by atoms with Crippen molar-refractivity contribution in [3.8, 4) is 0 Å². The predicted octanol–water partition coefficient (Wildman–Crippen LogP) is -0.265. The lowest BCUT2D eigenvalue weighted by Crippen LogP contribution is -2.21. The molecule has 0 aromatic carbocycles. The number of halogens is 1. The van der Waals surface area contributed by atoms with E-state index in [0.29, 0.717) is 29.5 Å². The summed E-state index contributed by atoms with van der Waals surface area (Å²) in [6, 6.07) is 1.59. The summed E-state index contributed by atoms with van der Waals surface area (Å²) in [5, 5.41) is 2.89. The van der Waals surface area contributed by atoms with Gasteiger partial charge in [-0.25, -0.2) is 4.98 Å². The van der Waals surface area contributed by atoms with E-state index in [1.165, 1.54) is 0 Å². The summed E-state index contributed by atoms with van der Waals surface area (Å²) in [5.41, 5.74) is 10.4. The van der Waals surface area contributed by atoms with E-state index in [1.807, 2.05) is 0 Å². The maximum Gasteiger partial charge on any atom is 0.243 e. The molecule has 0 aliphatic rings. The van der Waals surface area contributed by atoms with Gasteiger partial charge in [-0.1, -0.05) is 0 Å². The maximum absolute atomic E-state index is 10.4. The number of nitrogens with one attached hydrogen (secondary N) is 1. The van der Waals surface area contributed by atoms with Crippen LogP contribution in [0, 0.1) is 0 Å². The molecule has 1 amide bonds. The van der Waals surface area contributed by atoms with Crippen LogP contribution >= 0.6 is 15.9 Å². The molecule has 1 heterocycles. The molecule has 0 unspecified atom stereocenters. The Balaban J connectivity index is 2.29. The largest absolute Gasteiger partial charge is 0.383 e. The van der Waals surface area contributed by atoms with E-state index in [1.54, 1.807) is 6.07 Å². The quantitative estimate of drug-likeness (QED) is 0.491. The van der Waals surface area contributed by atoms with Crippen LogP contribution in [0.25, 0.3) is 0 Å². The highest BCUT2D eigenvalue weighted by molar-refractivity contribution is 9.10. The second-order valence-electron chi connectivity index (χ2n) is 2.88. The van der Waals surface area contributed by atoms with Crippen molar-refractivity contribution in [1.29, 1.82) is 0 Å². The number of hydrogen-bond donors (Lipinski definition) is 3. The third kappa shape index (κ3) is 4.89. The van der Waals surface area contributed by atoms with Crippen LogP contribution in [-0.2, 0) is 9.53 Å². The van der Waals surface area contributed by atoms with E-state index >= 15 is 0 Å². The van der Waals surface area contributed by atoms with Crippen LogP contribution in [-0.4, -0.2) is 35.6 Å². The molecule has 0 spiro atoms. The Labute approximate surface area is 101 Å². The lowest BCUT2D eigenvalue weighted by molar-refractivity contribution is -0.122. The van der Waals surface area contributed by atoms with Gasteiger partial charge in [0, 0.05) is 12.6 Å². The number of hydrogen-bond acceptors (Lipinski definition) is 6. The number of nitrogen functional groups attached to an aromatic ring is 1. The second kappa shape index (κ2) is 6.23. The molecule has 88 valence electrons. The number of rotatable bonds is 6. The fraction of sp³-hybridized carbons (Fsp3) is 0.375. The van der Waals surface area contributed by atoms with Gasteiger partial charge in [-0.15, -0.1) is 0 Å². The van der Waals surface area contributed by atoms with Crippen molar-refractivity contribution in [3.63, 3.8) is 0 Å². The van der Waals surface area contributed by atoms with Gasteiger partial charge in [-0.2, -0.15) is 4.98 Å². The zero-order chi connectivity index (χ0) is 12.0. The van der Waals surface area contributed by atoms with Gasteiger partial charge in [0.2, 0.25) is 11.9 Å². The molecule has 0 saturated heterocycles. The van der Waals surface area contributed by atoms with Crippen molar-refractivity contribution in [2.24, 2.45) is 5.73 Å². The average Bonchev–Trinajstić information content (AvgIpc) is 2.15. The first-order valence-corrected chi connectivity index (χ1v) is 5.27. The topological polar surface area (TPSA) is 116 Å². The van der Waals surface area contributed by atoms with Gasteiger partial charge in [-0.05, 0) is 15.9 Å². The summed E-state index contributed by atoms with van der Waals surface area (Å²) in [6.07, 6.45) is 0. The van der Waals surface area contributed by atoms with Gasteiger partial charge < -0.3 is 21.5 Å². The van der Waals surface area contributed by atoms with Crippen LogP contribution in [0.5, 0.6) is 0 Å². The highest BCUT2D eigenvalue weighted by atomic mass is 79.9. The van der Waals surface area contributed by atoms with E-state index < -0.39 is 5.91 Å². The normalized spacial score (nSPS) is 10.1. The molecule has 8 heteroatoms. The number of amides is 1. The molecule has 0 fully saturated rings. The third-order valence-electron chi connectivity index (χ3n) is 1.49. The van der Waals surface area contributed by atoms with Crippen molar-refractivity contribution in [2.45, 2.75) is 0 Å². The average molecular weight is 290 g/mol. The van der Waals surface area contributed by atoms with Crippen LogP contribution < -0.4 is 16.8 Å². The molecule has 1 rings (SSSR count). The first-order valence-electron chi connectivity index (χ1n) is 4.48. The smallest absolute Gasteiger partial charge is 0.243 e. The molecular weight excluding hydrogens is 278 g/mol. The monoisotopic (exact) mass is 289 g/mol. The van der Waals surface area contributed by atoms with Gasteiger partial charge in [0.25, 0.3) is 0 Å². The minimum Gasteiger partial charge on any atom is -0.383 e. The molecule has 0 atom stereocenters. The standard InChI is InChI=1S/C8H12BrN5O2/c9-5-3-6(10)14-8(13-5)12-1-2-16-4-7(11)15/h3H,1-2,4H2,(H2,11,15)(H3,10,12,13,14). The van der Waals surface area contributed by atoms with Crippen molar-refractivity contribution in [2.75, 3.05) is 30.8 Å². The number of anilines is 2. The number of carbonyl (C=O) groups excluding carboxylic acids is 1. The molecule has 0 bridgehead atoms. The molecule has 1 aromatic rings. The van der Waals surface area contributed by atoms with Gasteiger partial charge in [0.05, 0.1) is 6.61 Å². The number of nitrogens with two attached hydrogens (primary N) is 2. The van der Waals surface area contributed by atoms with E-state index in [-0.39, 0.29) is 6.61 Å². The van der Waals surface area contributed by atoms with E-state index in [0.717, 1.165) is 0 Å². The van der Waals surface area contributed by atoms with Crippen molar-refractivity contribution >= 4 is 33.6 Å². The molecule has 0 aliphatic carbocycles. The highest BCUT2D eigenvalue weighted by Gasteiger charge is 2.00. The van der Waals surface area contributed by atoms with Gasteiger partial charge >= 0.3 is 0 Å². The number of nitrogens with zero attached hydrogens (tertiary/aromatic N) is 2. The van der Waals surface area contributed by atoms with Crippen molar-refractivity contribution in [1.82, 2.24) is 9.97 Å². The number of primary amides is 1. The molecule has 16 heavy (non-hydrogen) atoms. The number of ether oxygens (including phenoxy) is 1. The second-order valence-corrected chi connectivity index (χ2v) is 3.70. The number of aromatic nitrogens is 2. The third-order valence-corrected chi connectivity index (χ3v) is 1.89. The maximum atomic E-state index is 10.4. The van der Waals surface area contributed by atoms with Crippen LogP contribution in [0.1, 0.15) is 0 Å². The highest BCUT2D eigenvalue weighted by Crippen LogP contribution is 2.11. The number of carbonyl (C=O) groups is 1. The van der Waals surface area contributed by atoms with Gasteiger partial charge in [-0.3, -0.25) is 4.79 Å². The Morgan fingerprint density at radius 2 is 2.31 bits per heavy atom. The van der Waals surface area contributed by atoms with Gasteiger partial charge in [0.1, 0.15) is 17.0 Å². The summed E-state index contributed by atoms with van der Waals surface area (Å²) in [7, 11) is 0. The fourth-order valence-corrected chi connectivity index (χ4v) is 1.32. The van der Waals surface area contributed by atoms with E-state index in [9.17, 15) is 4.79 Å². The van der Waals surface area contributed by atoms with Gasteiger partial charge in [0.15, 0.2) is 0 Å². The molecule has 0 saturated carbocycles. The van der Waals surface area contributed by atoms with Crippen LogP contribution in [0.15, 0.2) is 10.7 Å². The Morgan fingerprint density at radius 1 is 1.56 bits per heavy atom. The summed E-state index contributed by atoms with van der Waals surface area (Å²) < 4.78 is 5.54.